The van der Waals surface area contributed by atoms with Gasteiger partial charge in [-0.2, -0.15) is 4.37 Å². The lowest BCUT2D eigenvalue weighted by Crippen LogP contribution is -2.08. The van der Waals surface area contributed by atoms with E-state index in [1.165, 1.54) is 11.5 Å². The Morgan fingerprint density at radius 2 is 2.43 bits per heavy atom. The molecule has 0 aliphatic carbocycles. The van der Waals surface area contributed by atoms with E-state index < -0.39 is 0 Å². The number of nitrogens with one attached hydrogen (secondary N) is 1. The third-order valence-electron chi connectivity index (χ3n) is 1.96. The van der Waals surface area contributed by atoms with Crippen molar-refractivity contribution in [3.63, 3.8) is 0 Å². The Labute approximate surface area is 85.9 Å². The Balaban J connectivity index is 2.30. The van der Waals surface area contributed by atoms with Crippen molar-refractivity contribution >= 4 is 34.0 Å². The predicted molar refractivity (Wildman–Crippen MR) is 58.5 cm³/mol. The van der Waals surface area contributed by atoms with Crippen molar-refractivity contribution in [3.8, 4) is 0 Å². The molecule has 1 aromatic carbocycles. The predicted octanol–water partition coefficient (Wildman–Crippen LogP) is 2.64. The molecule has 2 aromatic rings. The van der Waals surface area contributed by atoms with E-state index in [1.807, 2.05) is 30.5 Å². The molecular formula is C10H10N2OS. The van der Waals surface area contributed by atoms with Gasteiger partial charge in [0.1, 0.15) is 0 Å². The zero-order chi connectivity index (χ0) is 9.97. The Morgan fingerprint density at radius 1 is 1.57 bits per heavy atom. The summed E-state index contributed by atoms with van der Waals surface area (Å²) in [5, 5.41) is 5.85. The molecular weight excluding hydrogens is 196 g/mol. The summed E-state index contributed by atoms with van der Waals surface area (Å²) < 4.78 is 4.19. The van der Waals surface area contributed by atoms with Crippen LogP contribution in [0.3, 0.4) is 0 Å². The minimum absolute atomic E-state index is 0.0348. The molecule has 0 aliphatic rings. The number of anilines is 1. The fourth-order valence-electron chi connectivity index (χ4n) is 1.20. The molecule has 0 atom stereocenters. The van der Waals surface area contributed by atoms with E-state index in [0.717, 1.165) is 16.6 Å². The number of hydrogen-bond acceptors (Lipinski definition) is 3. The monoisotopic (exact) mass is 206 g/mol. The van der Waals surface area contributed by atoms with Crippen LogP contribution in [-0.4, -0.2) is 10.3 Å². The lowest BCUT2D eigenvalue weighted by atomic mass is 10.2. The Kier molecular flexibility index (Phi) is 2.45. The van der Waals surface area contributed by atoms with E-state index in [4.69, 9.17) is 0 Å². The molecule has 0 spiro atoms. The molecule has 14 heavy (non-hydrogen) atoms. The van der Waals surface area contributed by atoms with Gasteiger partial charge in [0.15, 0.2) is 0 Å². The van der Waals surface area contributed by atoms with Crippen molar-refractivity contribution in [2.24, 2.45) is 0 Å². The third kappa shape index (κ3) is 1.75. The second kappa shape index (κ2) is 3.75. The molecule has 0 unspecified atom stereocenters. The zero-order valence-corrected chi connectivity index (χ0v) is 8.60. The average Bonchev–Trinajstić information content (AvgIpc) is 2.64. The number of benzene rings is 1. The number of rotatable bonds is 2. The van der Waals surface area contributed by atoms with Crippen LogP contribution >= 0.6 is 11.5 Å². The Hall–Kier alpha value is -1.42. The highest BCUT2D eigenvalue weighted by Crippen LogP contribution is 2.19. The number of carbonyl (C=O) groups is 1. The topological polar surface area (TPSA) is 42.0 Å². The fourth-order valence-corrected chi connectivity index (χ4v) is 1.83. The third-order valence-corrected chi connectivity index (χ3v) is 2.62. The van der Waals surface area contributed by atoms with Gasteiger partial charge >= 0.3 is 0 Å². The van der Waals surface area contributed by atoms with Crippen LogP contribution in [0.5, 0.6) is 0 Å². The summed E-state index contributed by atoms with van der Waals surface area (Å²) in [6.07, 6.45) is 0.500. The molecule has 0 radical (unpaired) electrons. The van der Waals surface area contributed by atoms with Crippen LogP contribution < -0.4 is 5.32 Å². The van der Waals surface area contributed by atoms with Crippen LogP contribution in [0, 0.1) is 0 Å². The first-order valence-corrected chi connectivity index (χ1v) is 5.27. The summed E-state index contributed by atoms with van der Waals surface area (Å²) in [5.74, 6) is 0.0348. The van der Waals surface area contributed by atoms with E-state index in [9.17, 15) is 4.79 Å². The van der Waals surface area contributed by atoms with Crippen LogP contribution in [0.2, 0.25) is 0 Å². The molecule has 0 fully saturated rings. The highest BCUT2D eigenvalue weighted by atomic mass is 32.1. The van der Waals surface area contributed by atoms with Crippen LogP contribution in [0.1, 0.15) is 13.3 Å². The largest absolute Gasteiger partial charge is 0.326 e. The highest BCUT2D eigenvalue weighted by Gasteiger charge is 2.01. The van der Waals surface area contributed by atoms with Gasteiger partial charge in [-0.1, -0.05) is 6.92 Å². The number of hydrogen-bond donors (Lipinski definition) is 1. The summed E-state index contributed by atoms with van der Waals surface area (Å²) in [7, 11) is 0. The van der Waals surface area contributed by atoms with Crippen molar-refractivity contribution in [2.45, 2.75) is 13.3 Å². The second-order valence-corrected chi connectivity index (χ2v) is 3.62. The maximum atomic E-state index is 11.1. The van der Waals surface area contributed by atoms with Crippen LogP contribution in [0.25, 0.3) is 10.9 Å². The van der Waals surface area contributed by atoms with Crippen molar-refractivity contribution in [1.82, 2.24) is 4.37 Å². The first-order chi connectivity index (χ1) is 6.79. The summed E-state index contributed by atoms with van der Waals surface area (Å²) in [6.45, 7) is 1.83. The zero-order valence-electron chi connectivity index (χ0n) is 7.78. The molecule has 0 saturated heterocycles. The Morgan fingerprint density at radius 3 is 3.21 bits per heavy atom. The van der Waals surface area contributed by atoms with Crippen molar-refractivity contribution in [2.75, 3.05) is 5.32 Å². The summed E-state index contributed by atoms with van der Waals surface area (Å²) in [6, 6.07) is 5.72. The molecule has 1 heterocycles. The van der Waals surface area contributed by atoms with Gasteiger partial charge in [0.2, 0.25) is 5.91 Å². The van der Waals surface area contributed by atoms with Crippen molar-refractivity contribution in [1.29, 1.82) is 0 Å². The van der Waals surface area contributed by atoms with Gasteiger partial charge in [0.25, 0.3) is 0 Å². The van der Waals surface area contributed by atoms with Gasteiger partial charge in [0, 0.05) is 22.9 Å². The molecule has 3 nitrogen and oxygen atoms in total. The fraction of sp³-hybridized carbons (Fsp3) is 0.200. The first-order valence-electron chi connectivity index (χ1n) is 4.43. The average molecular weight is 206 g/mol. The first kappa shape index (κ1) is 9.15. The van der Waals surface area contributed by atoms with E-state index in [1.54, 1.807) is 0 Å². The summed E-state index contributed by atoms with van der Waals surface area (Å²) >= 11 is 1.42. The summed E-state index contributed by atoms with van der Waals surface area (Å²) in [5.41, 5.74) is 1.81. The van der Waals surface area contributed by atoms with Gasteiger partial charge in [-0.25, -0.2) is 0 Å². The van der Waals surface area contributed by atoms with E-state index in [0.29, 0.717) is 6.42 Å². The smallest absolute Gasteiger partial charge is 0.224 e. The van der Waals surface area contributed by atoms with E-state index in [2.05, 4.69) is 9.69 Å². The molecule has 1 aromatic heterocycles. The van der Waals surface area contributed by atoms with E-state index >= 15 is 0 Å². The van der Waals surface area contributed by atoms with Crippen molar-refractivity contribution in [3.05, 3.63) is 23.6 Å². The number of fused-ring (bicyclic) bond motifs is 1. The van der Waals surface area contributed by atoms with Gasteiger partial charge in [-0.15, -0.1) is 0 Å². The lowest BCUT2D eigenvalue weighted by Gasteiger charge is -2.02. The highest BCUT2D eigenvalue weighted by molar-refractivity contribution is 7.04. The maximum Gasteiger partial charge on any atom is 0.224 e. The van der Waals surface area contributed by atoms with E-state index in [-0.39, 0.29) is 5.91 Å². The minimum Gasteiger partial charge on any atom is -0.326 e. The Bertz CT molecular complexity index is 464. The van der Waals surface area contributed by atoms with Gasteiger partial charge in [-0.05, 0) is 29.7 Å². The quantitative estimate of drug-likeness (QED) is 0.820. The molecule has 0 saturated carbocycles. The molecule has 1 amide bonds. The maximum absolute atomic E-state index is 11.1. The molecule has 0 aliphatic heterocycles. The number of nitrogens with zero attached hydrogens (tertiary/aromatic N) is 1. The molecule has 1 N–H and O–H groups in total. The number of aromatic nitrogens is 1. The molecule has 0 bridgehead atoms. The summed E-state index contributed by atoms with van der Waals surface area (Å²) in [4.78, 5) is 11.1. The SMILES string of the molecule is CCC(=O)Nc1ccc2nscc2c1. The number of carbonyl (C=O) groups excluding carboxylic acids is 1. The standard InChI is InChI=1S/C10H10N2OS/c1-2-10(13)11-8-3-4-9-7(5-8)6-14-12-9/h3-6H,2H2,1H3,(H,11,13). The van der Waals surface area contributed by atoms with Gasteiger partial charge in [-0.3, -0.25) is 4.79 Å². The minimum atomic E-state index is 0.0348. The van der Waals surface area contributed by atoms with Crippen LogP contribution in [0.15, 0.2) is 23.6 Å². The van der Waals surface area contributed by atoms with Crippen LogP contribution in [0.4, 0.5) is 5.69 Å². The van der Waals surface area contributed by atoms with Gasteiger partial charge in [0.05, 0.1) is 5.52 Å². The lowest BCUT2D eigenvalue weighted by molar-refractivity contribution is -0.115. The molecule has 72 valence electrons. The normalized spacial score (nSPS) is 10.4. The van der Waals surface area contributed by atoms with Gasteiger partial charge < -0.3 is 5.32 Å². The molecule has 4 heteroatoms. The second-order valence-electron chi connectivity index (χ2n) is 2.99. The molecule has 2 rings (SSSR count). The number of amides is 1. The van der Waals surface area contributed by atoms with Crippen molar-refractivity contribution < 1.29 is 4.79 Å². The van der Waals surface area contributed by atoms with Crippen LogP contribution in [-0.2, 0) is 4.79 Å².